The predicted molar refractivity (Wildman–Crippen MR) is 117 cm³/mol. The number of aryl methyl sites for hydroxylation is 1. The van der Waals surface area contributed by atoms with Crippen LogP contribution in [0.2, 0.25) is 0 Å². The summed E-state index contributed by atoms with van der Waals surface area (Å²) < 4.78 is 5.31. The molecule has 0 radical (unpaired) electrons. The third kappa shape index (κ3) is 5.28. The molecule has 0 aliphatic carbocycles. The lowest BCUT2D eigenvalue weighted by molar-refractivity contribution is -0.120. The molecule has 1 heterocycles. The number of rotatable bonds is 6. The Hall–Kier alpha value is -3.02. The van der Waals surface area contributed by atoms with Crippen molar-refractivity contribution in [2.75, 3.05) is 41.9 Å². The van der Waals surface area contributed by atoms with Gasteiger partial charge in [0, 0.05) is 31.4 Å². The van der Waals surface area contributed by atoms with Crippen LogP contribution in [0.5, 0.6) is 5.75 Å². The van der Waals surface area contributed by atoms with Crippen molar-refractivity contribution in [2.24, 2.45) is 0 Å². The van der Waals surface area contributed by atoms with Gasteiger partial charge in [-0.25, -0.2) is 0 Å². The molecular weight excluding hydrogens is 366 g/mol. The van der Waals surface area contributed by atoms with Crippen LogP contribution in [-0.2, 0) is 9.59 Å². The predicted octanol–water partition coefficient (Wildman–Crippen LogP) is 3.99. The first-order valence-electron chi connectivity index (χ1n) is 10.1. The van der Waals surface area contributed by atoms with Gasteiger partial charge in [0.05, 0.1) is 12.8 Å². The molecule has 0 bridgehead atoms. The Morgan fingerprint density at radius 2 is 1.76 bits per heavy atom. The van der Waals surface area contributed by atoms with E-state index in [4.69, 9.17) is 4.74 Å². The van der Waals surface area contributed by atoms with Gasteiger partial charge in [-0.15, -0.1) is 0 Å². The van der Waals surface area contributed by atoms with Gasteiger partial charge in [0.1, 0.15) is 12.3 Å². The number of piperidine rings is 1. The standard InChI is InChI=1S/C23H29N3O3/c1-17-7-12-22(29-3)21(15-17)24-23(28)16-26(18(2)27)20-10-8-19(9-11-20)25-13-5-4-6-14-25/h7-12,15H,4-6,13-14,16H2,1-3H3,(H,24,28). The smallest absolute Gasteiger partial charge is 0.244 e. The Morgan fingerprint density at radius 1 is 1.07 bits per heavy atom. The number of amides is 2. The summed E-state index contributed by atoms with van der Waals surface area (Å²) in [7, 11) is 1.56. The van der Waals surface area contributed by atoms with E-state index >= 15 is 0 Å². The van der Waals surface area contributed by atoms with Gasteiger partial charge in [-0.2, -0.15) is 0 Å². The zero-order valence-corrected chi connectivity index (χ0v) is 17.4. The summed E-state index contributed by atoms with van der Waals surface area (Å²) in [4.78, 5) is 28.7. The van der Waals surface area contributed by atoms with E-state index in [1.165, 1.54) is 31.1 Å². The molecule has 29 heavy (non-hydrogen) atoms. The summed E-state index contributed by atoms with van der Waals surface area (Å²) in [5.74, 6) is 0.135. The largest absolute Gasteiger partial charge is 0.495 e. The van der Waals surface area contributed by atoms with Crippen LogP contribution in [0.25, 0.3) is 0 Å². The molecule has 0 saturated carbocycles. The molecule has 1 saturated heterocycles. The maximum Gasteiger partial charge on any atom is 0.244 e. The molecule has 154 valence electrons. The monoisotopic (exact) mass is 395 g/mol. The molecular formula is C23H29N3O3. The highest BCUT2D eigenvalue weighted by atomic mass is 16.5. The average Bonchev–Trinajstić information content (AvgIpc) is 2.73. The fourth-order valence-electron chi connectivity index (χ4n) is 3.63. The zero-order chi connectivity index (χ0) is 20.8. The van der Waals surface area contributed by atoms with Crippen LogP contribution in [0.3, 0.4) is 0 Å². The molecule has 1 fully saturated rings. The molecule has 0 unspecified atom stereocenters. The second-order valence-electron chi connectivity index (χ2n) is 7.42. The van der Waals surface area contributed by atoms with E-state index in [1.807, 2.05) is 49.4 Å². The minimum Gasteiger partial charge on any atom is -0.495 e. The maximum absolute atomic E-state index is 12.6. The van der Waals surface area contributed by atoms with Gasteiger partial charge < -0.3 is 19.9 Å². The van der Waals surface area contributed by atoms with Gasteiger partial charge in [0.2, 0.25) is 11.8 Å². The molecule has 2 aromatic carbocycles. The van der Waals surface area contributed by atoms with Crippen LogP contribution in [0, 0.1) is 6.92 Å². The second kappa shape index (κ2) is 9.45. The highest BCUT2D eigenvalue weighted by Crippen LogP contribution is 2.26. The van der Waals surface area contributed by atoms with Crippen LogP contribution in [0.4, 0.5) is 17.1 Å². The Labute approximate surface area is 172 Å². The molecule has 2 aromatic rings. The van der Waals surface area contributed by atoms with Crippen LogP contribution < -0.4 is 19.9 Å². The van der Waals surface area contributed by atoms with Crippen molar-refractivity contribution in [3.63, 3.8) is 0 Å². The summed E-state index contributed by atoms with van der Waals surface area (Å²) in [6.45, 7) is 5.49. The summed E-state index contributed by atoms with van der Waals surface area (Å²) in [5.41, 5.74) is 3.48. The second-order valence-corrected chi connectivity index (χ2v) is 7.42. The number of nitrogens with zero attached hydrogens (tertiary/aromatic N) is 2. The summed E-state index contributed by atoms with van der Waals surface area (Å²) in [5, 5.41) is 2.85. The average molecular weight is 396 g/mol. The normalized spacial score (nSPS) is 13.7. The van der Waals surface area contributed by atoms with Gasteiger partial charge in [-0.3, -0.25) is 9.59 Å². The summed E-state index contributed by atoms with van der Waals surface area (Å²) >= 11 is 0. The minimum absolute atomic E-state index is 0.0600. The number of carbonyl (C=O) groups is 2. The summed E-state index contributed by atoms with van der Waals surface area (Å²) in [6.07, 6.45) is 3.71. The van der Waals surface area contributed by atoms with Crippen LogP contribution in [0.1, 0.15) is 31.7 Å². The van der Waals surface area contributed by atoms with Crippen molar-refractivity contribution in [1.29, 1.82) is 0 Å². The zero-order valence-electron chi connectivity index (χ0n) is 17.4. The van der Waals surface area contributed by atoms with Gasteiger partial charge in [0.25, 0.3) is 0 Å². The Kier molecular flexibility index (Phi) is 6.75. The molecule has 1 aliphatic heterocycles. The third-order valence-electron chi connectivity index (χ3n) is 5.19. The van der Waals surface area contributed by atoms with Crippen molar-refractivity contribution < 1.29 is 14.3 Å². The lowest BCUT2D eigenvalue weighted by Gasteiger charge is -2.29. The van der Waals surface area contributed by atoms with E-state index in [0.717, 1.165) is 24.3 Å². The van der Waals surface area contributed by atoms with E-state index in [-0.39, 0.29) is 18.4 Å². The molecule has 0 spiro atoms. The van der Waals surface area contributed by atoms with E-state index < -0.39 is 0 Å². The van der Waals surface area contributed by atoms with Gasteiger partial charge in [0.15, 0.2) is 0 Å². The number of hydrogen-bond acceptors (Lipinski definition) is 4. The number of anilines is 3. The molecule has 2 amide bonds. The number of methoxy groups -OCH3 is 1. The first-order valence-corrected chi connectivity index (χ1v) is 10.1. The van der Waals surface area contributed by atoms with E-state index in [9.17, 15) is 9.59 Å². The van der Waals surface area contributed by atoms with Gasteiger partial charge in [-0.05, 0) is 68.1 Å². The van der Waals surface area contributed by atoms with Crippen LogP contribution in [-0.4, -0.2) is 38.6 Å². The fourth-order valence-corrected chi connectivity index (χ4v) is 3.63. The van der Waals surface area contributed by atoms with Crippen molar-refractivity contribution >= 4 is 28.9 Å². The Balaban J connectivity index is 1.70. The Bertz CT molecular complexity index is 858. The SMILES string of the molecule is COc1ccc(C)cc1NC(=O)CN(C(C)=O)c1ccc(N2CCCCC2)cc1. The van der Waals surface area contributed by atoms with Crippen molar-refractivity contribution in [2.45, 2.75) is 33.1 Å². The number of benzene rings is 2. The lowest BCUT2D eigenvalue weighted by Crippen LogP contribution is -2.36. The first-order chi connectivity index (χ1) is 14.0. The molecule has 6 nitrogen and oxygen atoms in total. The molecule has 0 atom stereocenters. The molecule has 1 N–H and O–H groups in total. The maximum atomic E-state index is 12.6. The van der Waals surface area contributed by atoms with Crippen LogP contribution in [0.15, 0.2) is 42.5 Å². The van der Waals surface area contributed by atoms with E-state index in [1.54, 1.807) is 7.11 Å². The molecule has 3 rings (SSSR count). The number of hydrogen-bond donors (Lipinski definition) is 1. The third-order valence-corrected chi connectivity index (χ3v) is 5.19. The van der Waals surface area contributed by atoms with Gasteiger partial charge >= 0.3 is 0 Å². The van der Waals surface area contributed by atoms with Crippen molar-refractivity contribution in [3.05, 3.63) is 48.0 Å². The summed E-state index contributed by atoms with van der Waals surface area (Å²) in [6, 6.07) is 13.4. The molecule has 6 heteroatoms. The van der Waals surface area contributed by atoms with Gasteiger partial charge in [-0.1, -0.05) is 6.07 Å². The van der Waals surface area contributed by atoms with Crippen molar-refractivity contribution in [3.8, 4) is 5.75 Å². The fraction of sp³-hybridized carbons (Fsp3) is 0.391. The minimum atomic E-state index is -0.274. The highest BCUT2D eigenvalue weighted by Gasteiger charge is 2.18. The van der Waals surface area contributed by atoms with E-state index in [0.29, 0.717) is 17.1 Å². The molecule has 0 aromatic heterocycles. The lowest BCUT2D eigenvalue weighted by atomic mass is 10.1. The van der Waals surface area contributed by atoms with Crippen LogP contribution >= 0.6 is 0 Å². The number of carbonyl (C=O) groups excluding carboxylic acids is 2. The topological polar surface area (TPSA) is 61.9 Å². The number of nitrogens with one attached hydrogen (secondary N) is 1. The molecule has 1 aliphatic rings. The van der Waals surface area contributed by atoms with E-state index in [2.05, 4.69) is 10.2 Å². The Morgan fingerprint density at radius 3 is 2.38 bits per heavy atom. The quantitative estimate of drug-likeness (QED) is 0.804. The first kappa shape index (κ1) is 20.7. The van der Waals surface area contributed by atoms with Crippen molar-refractivity contribution in [1.82, 2.24) is 0 Å². The highest BCUT2D eigenvalue weighted by molar-refractivity contribution is 6.02. The number of ether oxygens (including phenoxy) is 1.